The molecule has 2 aromatic rings. The van der Waals surface area contributed by atoms with Crippen LogP contribution in [0.15, 0.2) is 54.1 Å². The Morgan fingerprint density at radius 3 is 2.75 bits per heavy atom. The molecule has 0 saturated carbocycles. The maximum absolute atomic E-state index is 11.3. The minimum Gasteiger partial charge on any atom is -0.466 e. The maximum Gasteiger partial charge on any atom is 0.346 e. The first-order valence-corrected chi connectivity index (χ1v) is 4.77. The molecule has 1 unspecified atom stereocenters. The second-order valence-corrected chi connectivity index (χ2v) is 3.13. The number of ether oxygens (including phenoxy) is 1. The summed E-state index contributed by atoms with van der Waals surface area (Å²) < 4.78 is 6.89. The number of nitrogens with one attached hydrogen (secondary N) is 1. The average Bonchev–Trinajstić information content (AvgIpc) is 2.74. The van der Waals surface area contributed by atoms with Crippen molar-refractivity contribution in [3.05, 3.63) is 59.8 Å². The first kappa shape index (κ1) is 10.2. The van der Waals surface area contributed by atoms with Gasteiger partial charge in [0.1, 0.15) is 12.1 Å². The number of nitrogens with zero attached hydrogens (tertiary/aromatic N) is 2. The van der Waals surface area contributed by atoms with Crippen molar-refractivity contribution in [3.8, 4) is 5.75 Å². The number of aromatic amines is 1. The Hall–Kier alpha value is -2.30. The molecule has 1 aromatic carbocycles. The summed E-state index contributed by atoms with van der Waals surface area (Å²) in [6.45, 7) is 3.63. The van der Waals surface area contributed by atoms with E-state index in [-0.39, 0.29) is 5.69 Å². The van der Waals surface area contributed by atoms with E-state index in [2.05, 4.69) is 16.8 Å². The molecule has 1 heterocycles. The van der Waals surface area contributed by atoms with E-state index >= 15 is 0 Å². The fourth-order valence-corrected chi connectivity index (χ4v) is 1.29. The monoisotopic (exact) mass is 217 g/mol. The Labute approximate surface area is 92.0 Å². The van der Waals surface area contributed by atoms with Crippen LogP contribution in [0.5, 0.6) is 5.75 Å². The molecule has 5 heteroatoms. The van der Waals surface area contributed by atoms with Crippen molar-refractivity contribution in [2.75, 3.05) is 0 Å². The number of benzene rings is 1. The number of hydrogen-bond acceptors (Lipinski definition) is 3. The van der Waals surface area contributed by atoms with E-state index in [4.69, 9.17) is 4.74 Å². The largest absolute Gasteiger partial charge is 0.466 e. The highest BCUT2D eigenvalue weighted by Crippen LogP contribution is 2.15. The fourth-order valence-electron chi connectivity index (χ4n) is 1.29. The Morgan fingerprint density at radius 2 is 2.19 bits per heavy atom. The molecule has 16 heavy (non-hydrogen) atoms. The van der Waals surface area contributed by atoms with Gasteiger partial charge in [-0.3, -0.25) is 0 Å². The van der Waals surface area contributed by atoms with Gasteiger partial charge in [0, 0.05) is 0 Å². The molecule has 0 spiro atoms. The van der Waals surface area contributed by atoms with Crippen molar-refractivity contribution in [2.24, 2.45) is 0 Å². The van der Waals surface area contributed by atoms with Gasteiger partial charge in [0.25, 0.3) is 0 Å². The Morgan fingerprint density at radius 1 is 1.44 bits per heavy atom. The van der Waals surface area contributed by atoms with E-state index in [9.17, 15) is 4.79 Å². The lowest BCUT2D eigenvalue weighted by molar-refractivity contribution is 0.178. The predicted octanol–water partition coefficient (Wildman–Crippen LogP) is 1.33. The SMILES string of the molecule is C=CC(Oc1ccccc1)n1cn[nH]c1=O. The van der Waals surface area contributed by atoms with E-state index in [1.54, 1.807) is 0 Å². The molecule has 1 aromatic heterocycles. The summed E-state index contributed by atoms with van der Waals surface area (Å²) >= 11 is 0. The van der Waals surface area contributed by atoms with Crippen LogP contribution < -0.4 is 10.4 Å². The Bertz CT molecular complexity index is 515. The molecule has 5 nitrogen and oxygen atoms in total. The van der Waals surface area contributed by atoms with E-state index in [0.717, 1.165) is 0 Å². The topological polar surface area (TPSA) is 59.9 Å². The summed E-state index contributed by atoms with van der Waals surface area (Å²) in [6, 6.07) is 9.21. The summed E-state index contributed by atoms with van der Waals surface area (Å²) in [4.78, 5) is 11.3. The summed E-state index contributed by atoms with van der Waals surface area (Å²) in [5, 5.41) is 5.93. The molecule has 0 fully saturated rings. The number of aromatic nitrogens is 3. The van der Waals surface area contributed by atoms with Crippen molar-refractivity contribution < 1.29 is 4.74 Å². The molecule has 0 saturated heterocycles. The lowest BCUT2D eigenvalue weighted by Gasteiger charge is -2.14. The van der Waals surface area contributed by atoms with Gasteiger partial charge >= 0.3 is 5.69 Å². The van der Waals surface area contributed by atoms with Gasteiger partial charge in [-0.15, -0.1) is 0 Å². The fraction of sp³-hybridized carbons (Fsp3) is 0.0909. The molecule has 1 atom stereocenters. The van der Waals surface area contributed by atoms with Crippen LogP contribution in [0.4, 0.5) is 0 Å². The van der Waals surface area contributed by atoms with Gasteiger partial charge in [0.2, 0.25) is 0 Å². The normalized spacial score (nSPS) is 12.0. The van der Waals surface area contributed by atoms with Crippen LogP contribution in [-0.4, -0.2) is 14.8 Å². The third-order valence-corrected chi connectivity index (χ3v) is 2.05. The third-order valence-electron chi connectivity index (χ3n) is 2.05. The highest BCUT2D eigenvalue weighted by Gasteiger charge is 2.10. The van der Waals surface area contributed by atoms with E-state index in [0.29, 0.717) is 5.75 Å². The highest BCUT2D eigenvalue weighted by atomic mass is 16.5. The molecular weight excluding hydrogens is 206 g/mol. The minimum absolute atomic E-state index is 0.333. The summed E-state index contributed by atoms with van der Waals surface area (Å²) in [6.07, 6.45) is 2.34. The van der Waals surface area contributed by atoms with Gasteiger partial charge in [0.05, 0.1) is 0 Å². The lowest BCUT2D eigenvalue weighted by atomic mass is 10.3. The smallest absolute Gasteiger partial charge is 0.346 e. The standard InChI is InChI=1S/C11H11N3O2/c1-2-10(14-8-12-13-11(14)15)16-9-6-4-3-5-7-9/h2-8,10H,1H2,(H,13,15). The van der Waals surface area contributed by atoms with Gasteiger partial charge in [-0.05, 0) is 18.2 Å². The maximum atomic E-state index is 11.3. The first-order valence-electron chi connectivity index (χ1n) is 4.77. The molecule has 1 N–H and O–H groups in total. The van der Waals surface area contributed by atoms with Crippen molar-refractivity contribution in [3.63, 3.8) is 0 Å². The van der Waals surface area contributed by atoms with Gasteiger partial charge < -0.3 is 4.74 Å². The summed E-state index contributed by atoms with van der Waals surface area (Å²) in [5.74, 6) is 0.667. The Balaban J connectivity index is 2.23. The zero-order chi connectivity index (χ0) is 11.4. The molecule has 0 amide bonds. The molecule has 0 bridgehead atoms. The van der Waals surface area contributed by atoms with Crippen LogP contribution in [0.25, 0.3) is 0 Å². The van der Waals surface area contributed by atoms with Crippen molar-refractivity contribution in [1.82, 2.24) is 14.8 Å². The van der Waals surface area contributed by atoms with Gasteiger partial charge in [0.15, 0.2) is 6.23 Å². The predicted molar refractivity (Wildman–Crippen MR) is 59.2 cm³/mol. The van der Waals surface area contributed by atoms with E-state index in [1.165, 1.54) is 17.0 Å². The molecule has 0 radical (unpaired) electrons. The number of H-pyrrole nitrogens is 1. The number of hydrogen-bond donors (Lipinski definition) is 1. The molecule has 2 rings (SSSR count). The molecule has 82 valence electrons. The molecule has 0 aliphatic rings. The van der Waals surface area contributed by atoms with Crippen LogP contribution in [0.3, 0.4) is 0 Å². The second-order valence-electron chi connectivity index (χ2n) is 3.13. The van der Waals surface area contributed by atoms with Gasteiger partial charge in [-0.1, -0.05) is 24.8 Å². The number of rotatable bonds is 4. The van der Waals surface area contributed by atoms with Crippen LogP contribution in [0, 0.1) is 0 Å². The van der Waals surface area contributed by atoms with Gasteiger partial charge in [-0.25, -0.2) is 14.5 Å². The molecular formula is C11H11N3O2. The lowest BCUT2D eigenvalue weighted by Crippen LogP contribution is -2.24. The zero-order valence-electron chi connectivity index (χ0n) is 8.54. The summed E-state index contributed by atoms with van der Waals surface area (Å²) in [5.41, 5.74) is -0.333. The van der Waals surface area contributed by atoms with Crippen LogP contribution in [0.2, 0.25) is 0 Å². The van der Waals surface area contributed by atoms with Crippen molar-refractivity contribution >= 4 is 0 Å². The highest BCUT2D eigenvalue weighted by molar-refractivity contribution is 5.21. The first-order chi connectivity index (χ1) is 7.81. The van der Waals surface area contributed by atoms with Gasteiger partial charge in [-0.2, -0.15) is 5.10 Å². The summed E-state index contributed by atoms with van der Waals surface area (Å²) in [7, 11) is 0. The minimum atomic E-state index is -0.561. The van der Waals surface area contributed by atoms with Crippen LogP contribution in [-0.2, 0) is 0 Å². The third kappa shape index (κ3) is 2.03. The van der Waals surface area contributed by atoms with Crippen molar-refractivity contribution in [2.45, 2.75) is 6.23 Å². The Kier molecular flexibility index (Phi) is 2.86. The molecule has 0 aliphatic carbocycles. The van der Waals surface area contributed by atoms with Crippen molar-refractivity contribution in [1.29, 1.82) is 0 Å². The quantitative estimate of drug-likeness (QED) is 0.786. The number of para-hydroxylation sites is 1. The zero-order valence-corrected chi connectivity index (χ0v) is 8.54. The second kappa shape index (κ2) is 4.48. The van der Waals surface area contributed by atoms with Crippen LogP contribution >= 0.6 is 0 Å². The van der Waals surface area contributed by atoms with Crippen LogP contribution in [0.1, 0.15) is 6.23 Å². The van der Waals surface area contributed by atoms with E-state index in [1.807, 2.05) is 30.3 Å². The van der Waals surface area contributed by atoms with E-state index < -0.39 is 6.23 Å². The molecule has 0 aliphatic heterocycles. The average molecular weight is 217 g/mol.